The second-order valence-electron chi connectivity index (χ2n) is 10.3. The van der Waals surface area contributed by atoms with E-state index in [0.717, 1.165) is 36.9 Å². The number of rotatable bonds is 7. The molecule has 0 radical (unpaired) electrons. The third-order valence-electron chi connectivity index (χ3n) is 7.94. The number of nitrogens with zero attached hydrogens (tertiary/aromatic N) is 1. The van der Waals surface area contributed by atoms with Crippen molar-refractivity contribution in [2.24, 2.45) is 0 Å². The van der Waals surface area contributed by atoms with Crippen LogP contribution in [0.5, 0.6) is 11.5 Å². The lowest BCUT2D eigenvalue weighted by Crippen LogP contribution is -2.36. The van der Waals surface area contributed by atoms with E-state index >= 15 is 0 Å². The third-order valence-corrected chi connectivity index (χ3v) is 7.94. The number of benzene rings is 2. The number of non-ortho nitro benzene ring substituents is 1. The van der Waals surface area contributed by atoms with Gasteiger partial charge in [-0.25, -0.2) is 4.79 Å². The number of dihydropyridines is 1. The number of allylic oxidation sites excluding steroid dienone is 3. The monoisotopic (exact) mass is 532 g/mol. The summed E-state index contributed by atoms with van der Waals surface area (Å²) in [4.78, 5) is 38.2. The molecule has 0 aromatic heterocycles. The maximum Gasteiger partial charge on any atom is 0.337 e. The highest BCUT2D eigenvalue weighted by Gasteiger charge is 2.42. The molecule has 1 saturated carbocycles. The number of hydrogen-bond donors (Lipinski definition) is 1. The Morgan fingerprint density at radius 2 is 1.64 bits per heavy atom. The van der Waals surface area contributed by atoms with Gasteiger partial charge in [-0.15, -0.1) is 0 Å². The molecule has 0 amide bonds. The number of methoxy groups -OCH3 is 2. The van der Waals surface area contributed by atoms with Crippen molar-refractivity contribution in [3.63, 3.8) is 0 Å². The minimum atomic E-state index is -0.671. The van der Waals surface area contributed by atoms with Gasteiger partial charge in [0.05, 0.1) is 24.7 Å². The van der Waals surface area contributed by atoms with E-state index in [9.17, 15) is 19.7 Å². The number of esters is 1. The zero-order chi connectivity index (χ0) is 27.7. The lowest BCUT2D eigenvalue weighted by atomic mass is 9.71. The zero-order valence-corrected chi connectivity index (χ0v) is 22.3. The minimum absolute atomic E-state index is 0.0545. The number of carbonyl (C=O) groups excluding carboxylic acids is 2. The summed E-state index contributed by atoms with van der Waals surface area (Å²) in [7, 11) is 3.15. The first kappa shape index (κ1) is 26.5. The van der Waals surface area contributed by atoms with Gasteiger partial charge in [-0.2, -0.15) is 0 Å². The molecule has 2 aliphatic carbocycles. The summed E-state index contributed by atoms with van der Waals surface area (Å²) < 4.78 is 16.7. The highest BCUT2D eigenvalue weighted by atomic mass is 16.6. The Hall–Kier alpha value is -4.14. The molecule has 3 aliphatic rings. The molecular weight excluding hydrogens is 500 g/mol. The van der Waals surface area contributed by atoms with Crippen LogP contribution in [0.15, 0.2) is 65.0 Å². The van der Waals surface area contributed by atoms with E-state index in [-0.39, 0.29) is 29.9 Å². The van der Waals surface area contributed by atoms with E-state index in [1.807, 2.05) is 25.1 Å². The first-order valence-corrected chi connectivity index (χ1v) is 13.2. The number of ketones is 1. The van der Waals surface area contributed by atoms with Gasteiger partial charge >= 0.3 is 5.97 Å². The Morgan fingerprint density at radius 3 is 2.28 bits per heavy atom. The SMILES string of the molecule is COc1ccc([C@@H]2CC(=O)C3=C(C2)NC(C)=C(C(=O)OC2CCCC2)[C@H]3c2ccc([N+](=O)[O-])cc2)cc1OC. The van der Waals surface area contributed by atoms with Gasteiger partial charge in [0.25, 0.3) is 5.69 Å². The predicted molar refractivity (Wildman–Crippen MR) is 144 cm³/mol. The summed E-state index contributed by atoms with van der Waals surface area (Å²) in [6.45, 7) is 1.82. The molecular formula is C30H32N2O7. The van der Waals surface area contributed by atoms with Crippen molar-refractivity contribution in [1.82, 2.24) is 5.32 Å². The summed E-state index contributed by atoms with van der Waals surface area (Å²) in [5, 5.41) is 14.6. The smallest absolute Gasteiger partial charge is 0.337 e. The van der Waals surface area contributed by atoms with Crippen molar-refractivity contribution in [2.45, 2.75) is 63.4 Å². The molecule has 39 heavy (non-hydrogen) atoms. The Labute approximate surface area is 227 Å². The first-order valence-electron chi connectivity index (χ1n) is 13.2. The van der Waals surface area contributed by atoms with Gasteiger partial charge in [0.2, 0.25) is 0 Å². The standard InChI is InChI=1S/C30H32N2O7/c1-17-27(30(34)39-22-6-4-5-7-22)28(18-8-11-21(12-9-18)32(35)36)29-23(31-17)14-20(15-24(29)33)19-10-13-25(37-2)26(16-19)38-3/h8-13,16,20,22,28,31H,4-7,14-15H2,1-3H3/t20-,28+/m0/s1. The van der Waals surface area contributed by atoms with Crippen LogP contribution >= 0.6 is 0 Å². The number of nitrogens with one attached hydrogen (secondary N) is 1. The fourth-order valence-electron chi connectivity index (χ4n) is 5.99. The van der Waals surface area contributed by atoms with Gasteiger partial charge in [0.1, 0.15) is 6.10 Å². The molecule has 5 rings (SSSR count). The molecule has 0 saturated heterocycles. The molecule has 2 aromatic rings. The van der Waals surface area contributed by atoms with Crippen LogP contribution in [0.3, 0.4) is 0 Å². The van der Waals surface area contributed by atoms with Crippen molar-refractivity contribution in [3.8, 4) is 11.5 Å². The van der Waals surface area contributed by atoms with Crippen LogP contribution in [0.2, 0.25) is 0 Å². The molecule has 0 bridgehead atoms. The van der Waals surface area contributed by atoms with Crippen LogP contribution in [0.1, 0.15) is 68.4 Å². The van der Waals surface area contributed by atoms with Crippen molar-refractivity contribution in [3.05, 3.63) is 86.2 Å². The number of nitro benzene ring substituents is 1. The van der Waals surface area contributed by atoms with Gasteiger partial charge < -0.3 is 19.5 Å². The Morgan fingerprint density at radius 1 is 0.974 bits per heavy atom. The van der Waals surface area contributed by atoms with E-state index in [1.54, 1.807) is 26.4 Å². The number of hydrogen-bond acceptors (Lipinski definition) is 8. The largest absolute Gasteiger partial charge is 0.493 e. The summed E-state index contributed by atoms with van der Waals surface area (Å²) in [5.41, 5.74) is 3.82. The average molecular weight is 533 g/mol. The molecule has 2 atom stereocenters. The molecule has 1 heterocycles. The third kappa shape index (κ3) is 5.13. The highest BCUT2D eigenvalue weighted by Crippen LogP contribution is 2.47. The molecule has 9 nitrogen and oxygen atoms in total. The minimum Gasteiger partial charge on any atom is -0.493 e. The van der Waals surface area contributed by atoms with Crippen LogP contribution in [0.4, 0.5) is 5.69 Å². The average Bonchev–Trinajstić information content (AvgIpc) is 3.44. The van der Waals surface area contributed by atoms with E-state index in [1.165, 1.54) is 12.1 Å². The molecule has 204 valence electrons. The van der Waals surface area contributed by atoms with Gasteiger partial charge in [-0.1, -0.05) is 18.2 Å². The van der Waals surface area contributed by atoms with Crippen molar-refractivity contribution in [1.29, 1.82) is 0 Å². The summed E-state index contributed by atoms with van der Waals surface area (Å²) in [6.07, 6.45) is 4.37. The van der Waals surface area contributed by atoms with E-state index in [0.29, 0.717) is 40.3 Å². The number of nitro groups is 1. The molecule has 1 fully saturated rings. The van der Waals surface area contributed by atoms with E-state index in [4.69, 9.17) is 14.2 Å². The maximum absolute atomic E-state index is 13.8. The quantitative estimate of drug-likeness (QED) is 0.284. The van der Waals surface area contributed by atoms with Crippen LogP contribution in [0.25, 0.3) is 0 Å². The fraction of sp³-hybridized carbons (Fsp3) is 0.400. The zero-order valence-electron chi connectivity index (χ0n) is 22.3. The lowest BCUT2D eigenvalue weighted by molar-refractivity contribution is -0.384. The Bertz CT molecular complexity index is 1370. The predicted octanol–water partition coefficient (Wildman–Crippen LogP) is 5.46. The van der Waals surface area contributed by atoms with Gasteiger partial charge in [-0.05, 0) is 68.2 Å². The number of Topliss-reactive ketones (excluding diaryl/α,β-unsaturated/α-hetero) is 1. The van der Waals surface area contributed by atoms with Crippen LogP contribution in [0, 0.1) is 10.1 Å². The van der Waals surface area contributed by atoms with Crippen molar-refractivity contribution in [2.75, 3.05) is 14.2 Å². The Kier molecular flexibility index (Phi) is 7.41. The van der Waals surface area contributed by atoms with E-state index in [2.05, 4.69) is 5.32 Å². The first-order chi connectivity index (χ1) is 18.8. The van der Waals surface area contributed by atoms with Crippen LogP contribution in [-0.4, -0.2) is 37.0 Å². The van der Waals surface area contributed by atoms with E-state index < -0.39 is 16.8 Å². The maximum atomic E-state index is 13.8. The van der Waals surface area contributed by atoms with Gasteiger partial charge in [0, 0.05) is 41.4 Å². The topological polar surface area (TPSA) is 117 Å². The normalized spacial score (nSPS) is 21.4. The molecule has 1 aliphatic heterocycles. The molecule has 1 N–H and O–H groups in total. The highest BCUT2D eigenvalue weighted by molar-refractivity contribution is 6.04. The molecule has 9 heteroatoms. The number of ether oxygens (including phenoxy) is 3. The lowest BCUT2D eigenvalue weighted by Gasteiger charge is -2.37. The van der Waals surface area contributed by atoms with Gasteiger partial charge in [0.15, 0.2) is 17.3 Å². The summed E-state index contributed by atoms with van der Waals surface area (Å²) in [6, 6.07) is 11.7. The molecule has 2 aromatic carbocycles. The number of carbonyl (C=O) groups is 2. The van der Waals surface area contributed by atoms with Crippen molar-refractivity contribution < 1.29 is 28.7 Å². The fourth-order valence-corrected chi connectivity index (χ4v) is 5.99. The summed E-state index contributed by atoms with van der Waals surface area (Å²) >= 11 is 0. The van der Waals surface area contributed by atoms with Crippen molar-refractivity contribution >= 4 is 17.4 Å². The van der Waals surface area contributed by atoms with Crippen LogP contribution < -0.4 is 14.8 Å². The second-order valence-corrected chi connectivity index (χ2v) is 10.3. The molecule has 0 unspecified atom stereocenters. The summed E-state index contributed by atoms with van der Waals surface area (Å²) in [5.74, 6) is -0.0880. The second kappa shape index (κ2) is 10.9. The van der Waals surface area contributed by atoms with Crippen LogP contribution in [-0.2, 0) is 14.3 Å². The Balaban J connectivity index is 1.53. The van der Waals surface area contributed by atoms with Gasteiger partial charge in [-0.3, -0.25) is 14.9 Å². The molecule has 0 spiro atoms.